The number of nitrogens with zero attached hydrogens (tertiary/aromatic N) is 1. The zero-order chi connectivity index (χ0) is 14.8. The summed E-state index contributed by atoms with van der Waals surface area (Å²) >= 11 is 0. The quantitative estimate of drug-likeness (QED) is 0.865. The van der Waals surface area contributed by atoms with E-state index in [9.17, 15) is 9.59 Å². The Morgan fingerprint density at radius 3 is 2.48 bits per heavy atom. The maximum atomic E-state index is 13.2. The molecule has 1 heterocycles. The van der Waals surface area contributed by atoms with Crippen molar-refractivity contribution in [2.45, 2.75) is 76.4 Å². The minimum Gasteiger partial charge on any atom is -0.340 e. The monoisotopic (exact) mass is 290 g/mol. The summed E-state index contributed by atoms with van der Waals surface area (Å²) in [5, 5.41) is 3.07. The van der Waals surface area contributed by atoms with Crippen LogP contribution in [0.4, 0.5) is 0 Å². The zero-order valence-corrected chi connectivity index (χ0v) is 13.1. The molecule has 1 aliphatic heterocycles. The fourth-order valence-electron chi connectivity index (χ4n) is 5.18. The van der Waals surface area contributed by atoms with Gasteiger partial charge in [0.2, 0.25) is 11.8 Å². The van der Waals surface area contributed by atoms with Crippen LogP contribution in [0.1, 0.15) is 58.8 Å². The van der Waals surface area contributed by atoms with E-state index in [-0.39, 0.29) is 17.9 Å². The van der Waals surface area contributed by atoms with Gasteiger partial charge in [-0.1, -0.05) is 13.3 Å². The minimum atomic E-state index is -0.634. The summed E-state index contributed by atoms with van der Waals surface area (Å²) in [5.74, 6) is 2.07. The van der Waals surface area contributed by atoms with E-state index >= 15 is 0 Å². The molecule has 3 aliphatic carbocycles. The largest absolute Gasteiger partial charge is 0.340 e. The molecule has 4 aliphatic rings. The molecular weight excluding hydrogens is 264 g/mol. The Balaban J connectivity index is 1.67. The van der Waals surface area contributed by atoms with Crippen molar-refractivity contribution in [1.82, 2.24) is 10.2 Å². The molecule has 4 heteroatoms. The third-order valence-corrected chi connectivity index (χ3v) is 6.54. The van der Waals surface area contributed by atoms with Gasteiger partial charge in [-0.3, -0.25) is 9.59 Å². The van der Waals surface area contributed by atoms with Crippen molar-refractivity contribution < 1.29 is 9.59 Å². The number of carbonyl (C=O) groups is 2. The highest BCUT2D eigenvalue weighted by atomic mass is 16.2. The predicted octanol–water partition coefficient (Wildman–Crippen LogP) is 2.08. The van der Waals surface area contributed by atoms with Crippen molar-refractivity contribution in [1.29, 1.82) is 0 Å². The molecule has 2 bridgehead atoms. The van der Waals surface area contributed by atoms with E-state index in [0.29, 0.717) is 17.9 Å². The number of nitrogens with one attached hydrogen (secondary N) is 1. The Morgan fingerprint density at radius 2 is 1.95 bits per heavy atom. The second-order valence-corrected chi connectivity index (χ2v) is 7.84. The number of carbonyl (C=O) groups excluding carboxylic acids is 2. The van der Waals surface area contributed by atoms with Crippen LogP contribution in [-0.2, 0) is 9.59 Å². The van der Waals surface area contributed by atoms with Gasteiger partial charge in [0.1, 0.15) is 11.6 Å². The van der Waals surface area contributed by atoms with E-state index in [2.05, 4.69) is 5.32 Å². The molecule has 21 heavy (non-hydrogen) atoms. The lowest BCUT2D eigenvalue weighted by atomic mass is 9.84. The van der Waals surface area contributed by atoms with Crippen molar-refractivity contribution in [3.63, 3.8) is 0 Å². The van der Waals surface area contributed by atoms with Gasteiger partial charge in [-0.15, -0.1) is 0 Å². The predicted molar refractivity (Wildman–Crippen MR) is 79.4 cm³/mol. The lowest BCUT2D eigenvalue weighted by molar-refractivity contribution is -0.159. The lowest BCUT2D eigenvalue weighted by Gasteiger charge is -2.49. The molecule has 5 atom stereocenters. The summed E-state index contributed by atoms with van der Waals surface area (Å²) < 4.78 is 0. The van der Waals surface area contributed by atoms with Crippen molar-refractivity contribution >= 4 is 11.8 Å². The van der Waals surface area contributed by atoms with Crippen LogP contribution in [0.15, 0.2) is 0 Å². The zero-order valence-electron chi connectivity index (χ0n) is 13.1. The maximum absolute atomic E-state index is 13.2. The van der Waals surface area contributed by atoms with Gasteiger partial charge in [0, 0.05) is 6.04 Å². The molecule has 4 rings (SSSR count). The first-order valence-electron chi connectivity index (χ1n) is 8.69. The number of fused-ring (bicyclic) bond motifs is 2. The second kappa shape index (κ2) is 4.47. The SMILES string of the molecule is CCC1C(=O)NC(C)(C2CC2)C(=O)N1C1CC2CCC1C2. The molecule has 0 radical (unpaired) electrons. The smallest absolute Gasteiger partial charge is 0.249 e. The molecule has 4 fully saturated rings. The van der Waals surface area contributed by atoms with E-state index < -0.39 is 5.54 Å². The summed E-state index contributed by atoms with van der Waals surface area (Å²) in [4.78, 5) is 27.8. The van der Waals surface area contributed by atoms with Crippen LogP contribution in [0.3, 0.4) is 0 Å². The molecule has 1 saturated heterocycles. The highest BCUT2D eigenvalue weighted by Crippen LogP contribution is 2.50. The average Bonchev–Trinajstić information content (AvgIpc) is 3.13. The van der Waals surface area contributed by atoms with Crippen LogP contribution in [0, 0.1) is 17.8 Å². The van der Waals surface area contributed by atoms with Gasteiger partial charge in [-0.2, -0.15) is 0 Å². The molecule has 5 unspecified atom stereocenters. The van der Waals surface area contributed by atoms with Gasteiger partial charge in [0.25, 0.3) is 0 Å². The number of amides is 2. The Hall–Kier alpha value is -1.06. The Morgan fingerprint density at radius 1 is 1.19 bits per heavy atom. The number of hydrogen-bond acceptors (Lipinski definition) is 2. The van der Waals surface area contributed by atoms with Crippen LogP contribution in [0.25, 0.3) is 0 Å². The standard InChI is InChI=1S/C17H26N2O2/c1-3-13-15(20)18-17(2,12-6-7-12)16(21)19(13)14-9-10-4-5-11(14)8-10/h10-14H,3-9H2,1-2H3,(H,18,20). The third-order valence-electron chi connectivity index (χ3n) is 6.54. The normalized spacial score (nSPS) is 46.1. The van der Waals surface area contributed by atoms with E-state index in [4.69, 9.17) is 0 Å². The second-order valence-electron chi connectivity index (χ2n) is 7.84. The third kappa shape index (κ3) is 1.87. The molecule has 0 aromatic rings. The molecule has 3 saturated carbocycles. The van der Waals surface area contributed by atoms with Crippen LogP contribution in [0.2, 0.25) is 0 Å². The summed E-state index contributed by atoms with van der Waals surface area (Å²) in [6.45, 7) is 3.98. The molecule has 116 valence electrons. The maximum Gasteiger partial charge on any atom is 0.249 e. The summed E-state index contributed by atoms with van der Waals surface area (Å²) in [7, 11) is 0. The highest BCUT2D eigenvalue weighted by molar-refractivity contribution is 6.00. The molecule has 0 aromatic carbocycles. The van der Waals surface area contributed by atoms with Gasteiger partial charge in [-0.05, 0) is 63.2 Å². The molecular formula is C17H26N2O2. The minimum absolute atomic E-state index is 0.0780. The lowest BCUT2D eigenvalue weighted by Crippen LogP contribution is -2.72. The van der Waals surface area contributed by atoms with Crippen molar-refractivity contribution in [3.8, 4) is 0 Å². The van der Waals surface area contributed by atoms with Crippen LogP contribution < -0.4 is 5.32 Å². The highest BCUT2D eigenvalue weighted by Gasteiger charge is 2.58. The topological polar surface area (TPSA) is 49.4 Å². The van der Waals surface area contributed by atoms with Crippen LogP contribution in [-0.4, -0.2) is 34.3 Å². The van der Waals surface area contributed by atoms with Gasteiger partial charge in [0.15, 0.2) is 0 Å². The van der Waals surface area contributed by atoms with Crippen molar-refractivity contribution in [3.05, 3.63) is 0 Å². The van der Waals surface area contributed by atoms with Crippen molar-refractivity contribution in [2.24, 2.45) is 17.8 Å². The van der Waals surface area contributed by atoms with E-state index in [1.165, 1.54) is 19.3 Å². The first kappa shape index (κ1) is 13.6. The Labute approximate surface area is 126 Å². The average molecular weight is 290 g/mol. The van der Waals surface area contributed by atoms with E-state index in [1.54, 1.807) is 0 Å². The molecule has 2 amide bonds. The molecule has 0 spiro atoms. The summed E-state index contributed by atoms with van der Waals surface area (Å²) in [6, 6.07) is 0.0824. The Kier molecular flexibility index (Phi) is 2.89. The number of piperazine rings is 1. The van der Waals surface area contributed by atoms with Crippen molar-refractivity contribution in [2.75, 3.05) is 0 Å². The van der Waals surface area contributed by atoms with Gasteiger partial charge in [-0.25, -0.2) is 0 Å². The Bertz CT molecular complexity index is 487. The number of hydrogen-bond donors (Lipinski definition) is 1. The summed E-state index contributed by atoms with van der Waals surface area (Å²) in [6.07, 6.45) is 7.84. The first-order valence-corrected chi connectivity index (χ1v) is 8.69. The molecule has 0 aromatic heterocycles. The van der Waals surface area contributed by atoms with Crippen LogP contribution in [0.5, 0.6) is 0 Å². The summed E-state index contributed by atoms with van der Waals surface area (Å²) in [5.41, 5.74) is -0.634. The van der Waals surface area contributed by atoms with Crippen LogP contribution >= 0.6 is 0 Å². The number of rotatable bonds is 3. The van der Waals surface area contributed by atoms with Gasteiger partial charge >= 0.3 is 0 Å². The van der Waals surface area contributed by atoms with E-state index in [1.807, 2.05) is 18.7 Å². The van der Waals surface area contributed by atoms with Gasteiger partial charge in [0.05, 0.1) is 0 Å². The van der Waals surface area contributed by atoms with Gasteiger partial charge < -0.3 is 10.2 Å². The first-order chi connectivity index (χ1) is 10.0. The fourth-order valence-corrected chi connectivity index (χ4v) is 5.18. The fraction of sp³-hybridized carbons (Fsp3) is 0.882. The molecule has 4 nitrogen and oxygen atoms in total. The van der Waals surface area contributed by atoms with E-state index in [0.717, 1.165) is 31.6 Å². The molecule has 1 N–H and O–H groups in total.